The molecular formula is C13H20N2O. The van der Waals surface area contributed by atoms with Crippen LogP contribution >= 0.6 is 0 Å². The SMILES string of the molecule is CN(CC1CCCC1)c1ccc(CO)cn1. The molecule has 3 nitrogen and oxygen atoms in total. The van der Waals surface area contributed by atoms with E-state index in [4.69, 9.17) is 5.11 Å². The zero-order chi connectivity index (χ0) is 11.4. The third-order valence-electron chi connectivity index (χ3n) is 3.39. The number of pyridine rings is 1. The summed E-state index contributed by atoms with van der Waals surface area (Å²) in [5.41, 5.74) is 0.873. The minimum Gasteiger partial charge on any atom is -0.392 e. The Bertz CT molecular complexity index is 317. The van der Waals surface area contributed by atoms with Crippen molar-refractivity contribution < 1.29 is 5.11 Å². The second kappa shape index (κ2) is 5.30. The molecule has 1 heterocycles. The zero-order valence-electron chi connectivity index (χ0n) is 9.89. The molecule has 1 fully saturated rings. The van der Waals surface area contributed by atoms with E-state index < -0.39 is 0 Å². The van der Waals surface area contributed by atoms with Gasteiger partial charge in [-0.2, -0.15) is 0 Å². The first-order chi connectivity index (χ1) is 7.79. The first-order valence-electron chi connectivity index (χ1n) is 6.06. The van der Waals surface area contributed by atoms with Crippen LogP contribution in [0, 0.1) is 5.92 Å². The second-order valence-corrected chi connectivity index (χ2v) is 4.71. The second-order valence-electron chi connectivity index (χ2n) is 4.71. The van der Waals surface area contributed by atoms with E-state index in [1.165, 1.54) is 25.7 Å². The van der Waals surface area contributed by atoms with Crippen molar-refractivity contribution in [3.05, 3.63) is 23.9 Å². The maximum atomic E-state index is 8.94. The van der Waals surface area contributed by atoms with E-state index in [0.29, 0.717) is 0 Å². The van der Waals surface area contributed by atoms with Crippen LogP contribution in [0.4, 0.5) is 5.82 Å². The van der Waals surface area contributed by atoms with Crippen LogP contribution in [-0.4, -0.2) is 23.7 Å². The number of hydrogen-bond donors (Lipinski definition) is 1. The Hall–Kier alpha value is -1.09. The molecule has 1 N–H and O–H groups in total. The molecule has 0 atom stereocenters. The van der Waals surface area contributed by atoms with Gasteiger partial charge >= 0.3 is 0 Å². The van der Waals surface area contributed by atoms with Gasteiger partial charge in [0.2, 0.25) is 0 Å². The van der Waals surface area contributed by atoms with E-state index >= 15 is 0 Å². The van der Waals surface area contributed by atoms with Crippen molar-refractivity contribution >= 4 is 5.82 Å². The van der Waals surface area contributed by atoms with E-state index in [1.54, 1.807) is 6.20 Å². The fraction of sp³-hybridized carbons (Fsp3) is 0.615. The van der Waals surface area contributed by atoms with Crippen LogP contribution < -0.4 is 4.90 Å². The Labute approximate surface area is 97.1 Å². The van der Waals surface area contributed by atoms with Gasteiger partial charge in [0.15, 0.2) is 0 Å². The van der Waals surface area contributed by atoms with Crippen LogP contribution in [-0.2, 0) is 6.61 Å². The number of anilines is 1. The molecule has 0 spiro atoms. The number of aromatic nitrogens is 1. The minimum atomic E-state index is 0.0691. The highest BCUT2D eigenvalue weighted by Gasteiger charge is 2.17. The van der Waals surface area contributed by atoms with Crippen molar-refractivity contribution in [3.8, 4) is 0 Å². The van der Waals surface area contributed by atoms with E-state index in [-0.39, 0.29) is 6.61 Å². The quantitative estimate of drug-likeness (QED) is 0.845. The summed E-state index contributed by atoms with van der Waals surface area (Å²) in [6, 6.07) is 3.92. The lowest BCUT2D eigenvalue weighted by molar-refractivity contribution is 0.281. The molecule has 16 heavy (non-hydrogen) atoms. The van der Waals surface area contributed by atoms with Gasteiger partial charge in [0.05, 0.1) is 6.61 Å². The lowest BCUT2D eigenvalue weighted by Crippen LogP contribution is -2.24. The molecule has 0 amide bonds. The number of hydrogen-bond acceptors (Lipinski definition) is 3. The molecule has 1 aliphatic rings. The summed E-state index contributed by atoms with van der Waals surface area (Å²) in [4.78, 5) is 6.58. The molecular weight excluding hydrogens is 200 g/mol. The molecule has 0 bridgehead atoms. The number of nitrogens with zero attached hydrogens (tertiary/aromatic N) is 2. The molecule has 0 unspecified atom stereocenters. The number of aliphatic hydroxyl groups is 1. The van der Waals surface area contributed by atoms with Gasteiger partial charge in [0.25, 0.3) is 0 Å². The standard InChI is InChI=1S/C13H20N2O/c1-15(9-11-4-2-3-5-11)13-7-6-12(10-16)8-14-13/h6-8,11,16H,2-5,9-10H2,1H3. The first-order valence-corrected chi connectivity index (χ1v) is 6.06. The Kier molecular flexibility index (Phi) is 3.78. The van der Waals surface area contributed by atoms with Gasteiger partial charge in [-0.15, -0.1) is 0 Å². The molecule has 1 aliphatic carbocycles. The maximum absolute atomic E-state index is 8.94. The highest BCUT2D eigenvalue weighted by atomic mass is 16.3. The van der Waals surface area contributed by atoms with Crippen molar-refractivity contribution in [2.75, 3.05) is 18.5 Å². The first kappa shape index (κ1) is 11.4. The van der Waals surface area contributed by atoms with Gasteiger partial charge < -0.3 is 10.0 Å². The Morgan fingerprint density at radius 2 is 2.12 bits per heavy atom. The normalized spacial score (nSPS) is 16.6. The zero-order valence-corrected chi connectivity index (χ0v) is 9.89. The fourth-order valence-corrected chi connectivity index (χ4v) is 2.41. The van der Waals surface area contributed by atoms with Crippen LogP contribution in [0.1, 0.15) is 31.2 Å². The average Bonchev–Trinajstić information content (AvgIpc) is 2.82. The highest BCUT2D eigenvalue weighted by Crippen LogP contribution is 2.26. The molecule has 1 saturated carbocycles. The summed E-state index contributed by atoms with van der Waals surface area (Å²) in [5.74, 6) is 1.84. The summed E-state index contributed by atoms with van der Waals surface area (Å²) in [7, 11) is 2.10. The maximum Gasteiger partial charge on any atom is 0.128 e. The summed E-state index contributed by atoms with van der Waals surface area (Å²) in [5, 5.41) is 8.94. The molecule has 0 radical (unpaired) electrons. The van der Waals surface area contributed by atoms with Crippen molar-refractivity contribution in [2.45, 2.75) is 32.3 Å². The van der Waals surface area contributed by atoms with Crippen molar-refractivity contribution in [3.63, 3.8) is 0 Å². The molecule has 0 aromatic carbocycles. The molecule has 1 aromatic heterocycles. The molecule has 3 heteroatoms. The van der Waals surface area contributed by atoms with Gasteiger partial charge in [-0.25, -0.2) is 4.98 Å². The largest absolute Gasteiger partial charge is 0.392 e. The monoisotopic (exact) mass is 220 g/mol. The van der Waals surface area contributed by atoms with Gasteiger partial charge in [0.1, 0.15) is 5.82 Å². The summed E-state index contributed by atoms with van der Waals surface area (Å²) < 4.78 is 0. The van der Waals surface area contributed by atoms with Crippen molar-refractivity contribution in [1.29, 1.82) is 0 Å². The topological polar surface area (TPSA) is 36.4 Å². The van der Waals surface area contributed by atoms with Gasteiger partial charge in [-0.1, -0.05) is 18.9 Å². The lowest BCUT2D eigenvalue weighted by atomic mass is 10.1. The summed E-state index contributed by atoms with van der Waals surface area (Å²) in [6.45, 7) is 1.17. The predicted octanol–water partition coefficient (Wildman–Crippen LogP) is 2.20. The van der Waals surface area contributed by atoms with Crippen LogP contribution in [0.2, 0.25) is 0 Å². The van der Waals surface area contributed by atoms with E-state index in [9.17, 15) is 0 Å². The van der Waals surface area contributed by atoms with E-state index in [0.717, 1.165) is 23.8 Å². The molecule has 88 valence electrons. The van der Waals surface area contributed by atoms with Crippen LogP contribution in [0.5, 0.6) is 0 Å². The van der Waals surface area contributed by atoms with Crippen LogP contribution in [0.15, 0.2) is 18.3 Å². The average molecular weight is 220 g/mol. The fourth-order valence-electron chi connectivity index (χ4n) is 2.41. The highest BCUT2D eigenvalue weighted by molar-refractivity contribution is 5.38. The Morgan fingerprint density at radius 1 is 1.38 bits per heavy atom. The molecule has 0 saturated heterocycles. The van der Waals surface area contributed by atoms with Crippen molar-refractivity contribution in [1.82, 2.24) is 4.98 Å². The van der Waals surface area contributed by atoms with Crippen molar-refractivity contribution in [2.24, 2.45) is 5.92 Å². The predicted molar refractivity (Wildman–Crippen MR) is 65.4 cm³/mol. The van der Waals surface area contributed by atoms with Crippen LogP contribution in [0.3, 0.4) is 0 Å². The van der Waals surface area contributed by atoms with E-state index in [1.807, 2.05) is 12.1 Å². The number of aliphatic hydroxyl groups excluding tert-OH is 1. The van der Waals surface area contributed by atoms with Gasteiger partial charge in [-0.3, -0.25) is 0 Å². The van der Waals surface area contributed by atoms with E-state index in [2.05, 4.69) is 16.9 Å². The van der Waals surface area contributed by atoms with Gasteiger partial charge in [-0.05, 0) is 30.4 Å². The summed E-state index contributed by atoms with van der Waals surface area (Å²) >= 11 is 0. The smallest absolute Gasteiger partial charge is 0.128 e. The Morgan fingerprint density at radius 3 is 2.69 bits per heavy atom. The summed E-state index contributed by atoms with van der Waals surface area (Å²) in [6.07, 6.45) is 7.24. The Balaban J connectivity index is 1.94. The molecule has 2 rings (SSSR count). The third-order valence-corrected chi connectivity index (χ3v) is 3.39. The van der Waals surface area contributed by atoms with Crippen LogP contribution in [0.25, 0.3) is 0 Å². The van der Waals surface area contributed by atoms with Gasteiger partial charge in [0, 0.05) is 19.8 Å². The third kappa shape index (κ3) is 2.73. The molecule has 0 aliphatic heterocycles. The molecule has 1 aromatic rings. The number of rotatable bonds is 4. The minimum absolute atomic E-state index is 0.0691. The lowest BCUT2D eigenvalue weighted by Gasteiger charge is -2.22.